The van der Waals surface area contributed by atoms with Gasteiger partial charge in [0.2, 0.25) is 0 Å². The molecule has 1 aliphatic rings. The van der Waals surface area contributed by atoms with Crippen LogP contribution in [0.5, 0.6) is 0 Å². The summed E-state index contributed by atoms with van der Waals surface area (Å²) in [6.07, 6.45) is 4.55. The van der Waals surface area contributed by atoms with Crippen LogP contribution in [0.25, 0.3) is 0 Å². The topological polar surface area (TPSA) is 53.2 Å². The lowest BCUT2D eigenvalue weighted by Crippen LogP contribution is -2.48. The van der Waals surface area contributed by atoms with Crippen LogP contribution >= 0.6 is 0 Å². The number of hydrogen-bond acceptors (Lipinski definition) is 2. The van der Waals surface area contributed by atoms with E-state index in [1.165, 1.54) is 12.8 Å². The average Bonchev–Trinajstić information content (AvgIpc) is 2.28. The number of piperidine rings is 1. The van der Waals surface area contributed by atoms with Crippen molar-refractivity contribution < 1.29 is 4.79 Å². The number of urea groups is 1. The molecule has 1 rings (SSSR count). The molecule has 1 unspecified atom stereocenters. The number of hydrogen-bond donors (Lipinski definition) is 3. The van der Waals surface area contributed by atoms with E-state index in [2.05, 4.69) is 29.8 Å². The van der Waals surface area contributed by atoms with Crippen LogP contribution in [0.2, 0.25) is 0 Å². The van der Waals surface area contributed by atoms with E-state index in [-0.39, 0.29) is 11.4 Å². The molecule has 4 nitrogen and oxygen atoms in total. The van der Waals surface area contributed by atoms with Gasteiger partial charge in [0, 0.05) is 19.6 Å². The Morgan fingerprint density at radius 3 is 2.88 bits per heavy atom. The minimum absolute atomic E-state index is 0.0275. The maximum atomic E-state index is 11.5. The van der Waals surface area contributed by atoms with Gasteiger partial charge in [0.1, 0.15) is 0 Å². The maximum Gasteiger partial charge on any atom is 0.314 e. The zero-order valence-electron chi connectivity index (χ0n) is 10.6. The van der Waals surface area contributed by atoms with Gasteiger partial charge in [0.25, 0.3) is 0 Å². The fourth-order valence-corrected chi connectivity index (χ4v) is 2.00. The predicted octanol–water partition coefficient (Wildman–Crippen LogP) is 1.48. The van der Waals surface area contributed by atoms with E-state index in [0.717, 1.165) is 39.0 Å². The van der Waals surface area contributed by atoms with E-state index >= 15 is 0 Å². The largest absolute Gasteiger partial charge is 0.338 e. The fraction of sp³-hybridized carbons (Fsp3) is 0.917. The Morgan fingerprint density at radius 2 is 2.25 bits per heavy atom. The number of carbonyl (C=O) groups is 1. The molecular formula is C12H25N3O. The predicted molar refractivity (Wildman–Crippen MR) is 66.5 cm³/mol. The highest BCUT2D eigenvalue weighted by atomic mass is 16.2. The van der Waals surface area contributed by atoms with Gasteiger partial charge < -0.3 is 16.0 Å². The maximum absolute atomic E-state index is 11.5. The quantitative estimate of drug-likeness (QED) is 0.623. The van der Waals surface area contributed by atoms with Crippen LogP contribution in [0.4, 0.5) is 4.79 Å². The second kappa shape index (κ2) is 6.74. The fourth-order valence-electron chi connectivity index (χ4n) is 2.00. The Labute approximate surface area is 98.6 Å². The van der Waals surface area contributed by atoms with Gasteiger partial charge in [-0.25, -0.2) is 4.79 Å². The summed E-state index contributed by atoms with van der Waals surface area (Å²) in [7, 11) is 0. The zero-order valence-corrected chi connectivity index (χ0v) is 10.6. The zero-order chi connectivity index (χ0) is 11.9. The van der Waals surface area contributed by atoms with Crippen LogP contribution in [0.15, 0.2) is 0 Å². The Hall–Kier alpha value is -0.770. The molecule has 3 N–H and O–H groups in total. The van der Waals surface area contributed by atoms with Gasteiger partial charge in [0.05, 0.1) is 0 Å². The Bertz CT molecular complexity index is 212. The monoisotopic (exact) mass is 227 g/mol. The second-order valence-electron chi connectivity index (χ2n) is 5.05. The molecule has 1 aliphatic heterocycles. The van der Waals surface area contributed by atoms with E-state index in [1.807, 2.05) is 0 Å². The number of nitrogens with one attached hydrogen (secondary N) is 3. The highest BCUT2D eigenvalue weighted by molar-refractivity contribution is 5.73. The first kappa shape index (κ1) is 13.3. The standard InChI is InChI=1S/C12H25N3O/c1-3-4-8-14-11(16)15-10-12(2)6-5-7-13-9-12/h13H,3-10H2,1-2H3,(H2,14,15,16). The molecule has 0 aromatic heterocycles. The third-order valence-corrected chi connectivity index (χ3v) is 3.18. The first-order chi connectivity index (χ1) is 7.66. The van der Waals surface area contributed by atoms with E-state index in [1.54, 1.807) is 0 Å². The molecule has 1 atom stereocenters. The lowest BCUT2D eigenvalue weighted by Gasteiger charge is -2.34. The molecule has 0 aliphatic carbocycles. The summed E-state index contributed by atoms with van der Waals surface area (Å²) in [5.74, 6) is 0. The van der Waals surface area contributed by atoms with Gasteiger partial charge in [-0.2, -0.15) is 0 Å². The van der Waals surface area contributed by atoms with Crippen LogP contribution < -0.4 is 16.0 Å². The molecule has 1 saturated heterocycles. The third-order valence-electron chi connectivity index (χ3n) is 3.18. The van der Waals surface area contributed by atoms with E-state index in [0.29, 0.717) is 0 Å². The van der Waals surface area contributed by atoms with Gasteiger partial charge in [-0.15, -0.1) is 0 Å². The number of amides is 2. The molecule has 2 amide bonds. The number of rotatable bonds is 5. The Balaban J connectivity index is 2.14. The van der Waals surface area contributed by atoms with Gasteiger partial charge >= 0.3 is 6.03 Å². The van der Waals surface area contributed by atoms with Crippen molar-refractivity contribution in [1.82, 2.24) is 16.0 Å². The van der Waals surface area contributed by atoms with Gasteiger partial charge in [0.15, 0.2) is 0 Å². The van der Waals surface area contributed by atoms with E-state index < -0.39 is 0 Å². The van der Waals surface area contributed by atoms with Crippen LogP contribution in [0.1, 0.15) is 39.5 Å². The Morgan fingerprint density at radius 1 is 1.44 bits per heavy atom. The number of unbranched alkanes of at least 4 members (excludes halogenated alkanes) is 1. The lowest BCUT2D eigenvalue weighted by atomic mass is 9.83. The van der Waals surface area contributed by atoms with Crippen molar-refractivity contribution in [1.29, 1.82) is 0 Å². The van der Waals surface area contributed by atoms with Gasteiger partial charge in [-0.3, -0.25) is 0 Å². The molecule has 0 aromatic rings. The first-order valence-electron chi connectivity index (χ1n) is 6.39. The van der Waals surface area contributed by atoms with E-state index in [9.17, 15) is 4.79 Å². The summed E-state index contributed by atoms with van der Waals surface area (Å²) in [6.45, 7) is 8.00. The van der Waals surface area contributed by atoms with Crippen molar-refractivity contribution in [3.63, 3.8) is 0 Å². The molecule has 94 valence electrons. The summed E-state index contributed by atoms with van der Waals surface area (Å²) in [5, 5.41) is 9.21. The molecule has 0 aromatic carbocycles. The molecule has 0 spiro atoms. The average molecular weight is 227 g/mol. The Kier molecular flexibility index (Phi) is 5.60. The van der Waals surface area contributed by atoms with Crippen molar-refractivity contribution in [3.05, 3.63) is 0 Å². The second-order valence-corrected chi connectivity index (χ2v) is 5.05. The van der Waals surface area contributed by atoms with Crippen molar-refractivity contribution >= 4 is 6.03 Å². The smallest absolute Gasteiger partial charge is 0.314 e. The van der Waals surface area contributed by atoms with Crippen molar-refractivity contribution in [2.75, 3.05) is 26.2 Å². The number of carbonyl (C=O) groups excluding carboxylic acids is 1. The highest BCUT2D eigenvalue weighted by Crippen LogP contribution is 2.23. The first-order valence-corrected chi connectivity index (χ1v) is 6.39. The summed E-state index contributed by atoms with van der Waals surface area (Å²) in [6, 6.07) is -0.0275. The van der Waals surface area contributed by atoms with Gasteiger partial charge in [-0.1, -0.05) is 20.3 Å². The molecule has 1 heterocycles. The van der Waals surface area contributed by atoms with E-state index in [4.69, 9.17) is 0 Å². The molecule has 0 bridgehead atoms. The van der Waals surface area contributed by atoms with Crippen LogP contribution in [0, 0.1) is 5.41 Å². The minimum atomic E-state index is -0.0275. The van der Waals surface area contributed by atoms with Crippen LogP contribution in [-0.2, 0) is 0 Å². The molecule has 16 heavy (non-hydrogen) atoms. The molecule has 0 saturated carbocycles. The normalized spacial score (nSPS) is 25.1. The van der Waals surface area contributed by atoms with Crippen molar-refractivity contribution in [2.45, 2.75) is 39.5 Å². The highest BCUT2D eigenvalue weighted by Gasteiger charge is 2.26. The summed E-state index contributed by atoms with van der Waals surface area (Å²) < 4.78 is 0. The lowest BCUT2D eigenvalue weighted by molar-refractivity contribution is 0.211. The molecule has 4 heteroatoms. The van der Waals surface area contributed by atoms with Gasteiger partial charge in [-0.05, 0) is 31.2 Å². The summed E-state index contributed by atoms with van der Waals surface area (Å²) >= 11 is 0. The molecular weight excluding hydrogens is 202 g/mol. The summed E-state index contributed by atoms with van der Waals surface area (Å²) in [5.41, 5.74) is 0.223. The van der Waals surface area contributed by atoms with Crippen molar-refractivity contribution in [3.8, 4) is 0 Å². The summed E-state index contributed by atoms with van der Waals surface area (Å²) in [4.78, 5) is 11.5. The minimum Gasteiger partial charge on any atom is -0.338 e. The molecule has 0 radical (unpaired) electrons. The third kappa shape index (κ3) is 4.84. The molecule has 1 fully saturated rings. The SMILES string of the molecule is CCCCNC(=O)NCC1(C)CCCNC1. The van der Waals surface area contributed by atoms with Crippen LogP contribution in [0.3, 0.4) is 0 Å². The van der Waals surface area contributed by atoms with Crippen molar-refractivity contribution in [2.24, 2.45) is 5.41 Å². The van der Waals surface area contributed by atoms with Crippen LogP contribution in [-0.4, -0.2) is 32.2 Å².